The van der Waals surface area contributed by atoms with E-state index < -0.39 is 5.54 Å². The third kappa shape index (κ3) is 1.69. The van der Waals surface area contributed by atoms with E-state index in [-0.39, 0.29) is 5.91 Å². The molecule has 1 atom stereocenters. The van der Waals surface area contributed by atoms with Crippen molar-refractivity contribution < 1.29 is 9.53 Å². The van der Waals surface area contributed by atoms with Crippen molar-refractivity contribution in [3.8, 4) is 0 Å². The summed E-state index contributed by atoms with van der Waals surface area (Å²) < 4.78 is 5.25. The molecule has 74 valence electrons. The van der Waals surface area contributed by atoms with Gasteiger partial charge in [0.15, 0.2) is 0 Å². The highest BCUT2D eigenvalue weighted by atomic mass is 16.5. The summed E-state index contributed by atoms with van der Waals surface area (Å²) in [6.07, 6.45) is 3.04. The van der Waals surface area contributed by atoms with Gasteiger partial charge < -0.3 is 15.4 Å². The average Bonchev–Trinajstić information content (AvgIpc) is 2.83. The summed E-state index contributed by atoms with van der Waals surface area (Å²) in [7, 11) is 1.82. The second kappa shape index (κ2) is 3.27. The highest BCUT2D eigenvalue weighted by Crippen LogP contribution is 2.23. The van der Waals surface area contributed by atoms with E-state index in [0.717, 1.165) is 19.3 Å². The molecule has 1 unspecified atom stereocenters. The monoisotopic (exact) mass is 184 g/mol. The van der Waals surface area contributed by atoms with E-state index >= 15 is 0 Å². The van der Waals surface area contributed by atoms with Crippen LogP contribution in [0.5, 0.6) is 0 Å². The van der Waals surface area contributed by atoms with E-state index in [1.165, 1.54) is 0 Å². The molecule has 4 nitrogen and oxygen atoms in total. The highest BCUT2D eigenvalue weighted by molar-refractivity contribution is 5.87. The van der Waals surface area contributed by atoms with Crippen molar-refractivity contribution in [1.82, 2.24) is 10.6 Å². The SMILES string of the molecule is CNC1(C(=O)NC2CC2)CCOC1. The van der Waals surface area contributed by atoms with Crippen molar-refractivity contribution in [1.29, 1.82) is 0 Å². The lowest BCUT2D eigenvalue weighted by molar-refractivity contribution is -0.127. The van der Waals surface area contributed by atoms with Crippen LogP contribution < -0.4 is 10.6 Å². The number of ether oxygens (including phenoxy) is 1. The molecule has 2 fully saturated rings. The molecule has 0 aromatic carbocycles. The molecular weight excluding hydrogens is 168 g/mol. The van der Waals surface area contributed by atoms with Crippen LogP contribution in [0.2, 0.25) is 0 Å². The number of likely N-dealkylation sites (N-methyl/N-ethyl adjacent to an activating group) is 1. The van der Waals surface area contributed by atoms with Gasteiger partial charge in [-0.3, -0.25) is 4.79 Å². The molecular formula is C9H16N2O2. The van der Waals surface area contributed by atoms with Crippen LogP contribution in [0.15, 0.2) is 0 Å². The summed E-state index contributed by atoms with van der Waals surface area (Å²) >= 11 is 0. The Bertz CT molecular complexity index is 208. The van der Waals surface area contributed by atoms with Crippen LogP contribution >= 0.6 is 0 Å². The molecule has 1 aliphatic heterocycles. The molecule has 0 aromatic heterocycles. The molecule has 0 aromatic rings. The zero-order valence-corrected chi connectivity index (χ0v) is 7.93. The summed E-state index contributed by atoms with van der Waals surface area (Å²) in [6, 6.07) is 0.429. The van der Waals surface area contributed by atoms with Gasteiger partial charge in [-0.05, 0) is 19.9 Å². The van der Waals surface area contributed by atoms with Crippen LogP contribution in [-0.2, 0) is 9.53 Å². The maximum Gasteiger partial charge on any atom is 0.243 e. The first-order chi connectivity index (χ1) is 6.27. The Hall–Kier alpha value is -0.610. The lowest BCUT2D eigenvalue weighted by atomic mass is 9.98. The third-order valence-electron chi connectivity index (χ3n) is 2.85. The Labute approximate surface area is 78.0 Å². The van der Waals surface area contributed by atoms with Gasteiger partial charge in [0.2, 0.25) is 5.91 Å². The summed E-state index contributed by atoms with van der Waals surface area (Å²) in [5, 5.41) is 6.08. The normalized spacial score (nSPS) is 33.3. The fourth-order valence-corrected chi connectivity index (χ4v) is 1.61. The first-order valence-electron chi connectivity index (χ1n) is 4.84. The Morgan fingerprint density at radius 1 is 1.54 bits per heavy atom. The molecule has 1 heterocycles. The quantitative estimate of drug-likeness (QED) is 0.630. The van der Waals surface area contributed by atoms with Gasteiger partial charge in [0.05, 0.1) is 6.61 Å². The minimum atomic E-state index is -0.456. The summed E-state index contributed by atoms with van der Waals surface area (Å²) in [4.78, 5) is 11.8. The number of carbonyl (C=O) groups excluding carboxylic acids is 1. The van der Waals surface area contributed by atoms with Gasteiger partial charge >= 0.3 is 0 Å². The number of amides is 1. The summed E-state index contributed by atoms with van der Waals surface area (Å²) in [5.41, 5.74) is -0.456. The lowest BCUT2D eigenvalue weighted by Crippen LogP contribution is -2.56. The fourth-order valence-electron chi connectivity index (χ4n) is 1.61. The van der Waals surface area contributed by atoms with Crippen LogP contribution in [-0.4, -0.2) is 37.7 Å². The first kappa shape index (κ1) is 8.97. The van der Waals surface area contributed by atoms with Gasteiger partial charge in [-0.1, -0.05) is 0 Å². The van der Waals surface area contributed by atoms with Crippen molar-refractivity contribution >= 4 is 5.91 Å². The largest absolute Gasteiger partial charge is 0.379 e. The molecule has 0 bridgehead atoms. The molecule has 0 radical (unpaired) electrons. The Kier molecular flexibility index (Phi) is 2.26. The minimum absolute atomic E-state index is 0.106. The molecule has 0 spiro atoms. The number of hydrogen-bond donors (Lipinski definition) is 2. The van der Waals surface area contributed by atoms with E-state index in [4.69, 9.17) is 4.74 Å². The fraction of sp³-hybridized carbons (Fsp3) is 0.889. The van der Waals surface area contributed by atoms with Crippen molar-refractivity contribution in [3.63, 3.8) is 0 Å². The number of rotatable bonds is 3. The highest BCUT2D eigenvalue weighted by Gasteiger charge is 2.42. The van der Waals surface area contributed by atoms with Crippen molar-refractivity contribution in [2.24, 2.45) is 0 Å². The number of carbonyl (C=O) groups is 1. The van der Waals surface area contributed by atoms with Gasteiger partial charge in [-0.15, -0.1) is 0 Å². The molecule has 1 saturated carbocycles. The Balaban J connectivity index is 1.96. The van der Waals surface area contributed by atoms with E-state index in [2.05, 4.69) is 10.6 Å². The van der Waals surface area contributed by atoms with Crippen molar-refractivity contribution in [3.05, 3.63) is 0 Å². The van der Waals surface area contributed by atoms with Gasteiger partial charge in [-0.2, -0.15) is 0 Å². The molecule has 2 N–H and O–H groups in total. The molecule has 4 heteroatoms. The Morgan fingerprint density at radius 2 is 2.31 bits per heavy atom. The maximum absolute atomic E-state index is 11.8. The van der Waals surface area contributed by atoms with Crippen LogP contribution in [0.1, 0.15) is 19.3 Å². The first-order valence-corrected chi connectivity index (χ1v) is 4.84. The zero-order chi connectivity index (χ0) is 9.31. The van der Waals surface area contributed by atoms with Gasteiger partial charge in [0.25, 0.3) is 0 Å². The van der Waals surface area contributed by atoms with Gasteiger partial charge in [0.1, 0.15) is 5.54 Å². The van der Waals surface area contributed by atoms with E-state index in [1.54, 1.807) is 0 Å². The third-order valence-corrected chi connectivity index (χ3v) is 2.85. The van der Waals surface area contributed by atoms with Gasteiger partial charge in [0, 0.05) is 19.1 Å². The molecule has 1 saturated heterocycles. The summed E-state index contributed by atoms with van der Waals surface area (Å²) in [6.45, 7) is 1.18. The van der Waals surface area contributed by atoms with Crippen molar-refractivity contribution in [2.75, 3.05) is 20.3 Å². The minimum Gasteiger partial charge on any atom is -0.379 e. The Morgan fingerprint density at radius 3 is 2.77 bits per heavy atom. The summed E-state index contributed by atoms with van der Waals surface area (Å²) in [5.74, 6) is 0.106. The predicted molar refractivity (Wildman–Crippen MR) is 48.4 cm³/mol. The number of nitrogens with one attached hydrogen (secondary N) is 2. The second-order valence-corrected chi connectivity index (χ2v) is 3.88. The molecule has 13 heavy (non-hydrogen) atoms. The topological polar surface area (TPSA) is 50.4 Å². The molecule has 1 aliphatic carbocycles. The smallest absolute Gasteiger partial charge is 0.243 e. The standard InChI is InChI=1S/C9H16N2O2/c1-10-9(4-5-13-6-9)8(12)11-7-2-3-7/h7,10H,2-6H2,1H3,(H,11,12). The van der Waals surface area contributed by atoms with Crippen molar-refractivity contribution in [2.45, 2.75) is 30.8 Å². The average molecular weight is 184 g/mol. The molecule has 2 rings (SSSR count). The van der Waals surface area contributed by atoms with Gasteiger partial charge in [-0.25, -0.2) is 0 Å². The molecule has 1 amide bonds. The van der Waals surface area contributed by atoms with E-state index in [9.17, 15) is 4.79 Å². The maximum atomic E-state index is 11.8. The van der Waals surface area contributed by atoms with Crippen LogP contribution in [0.3, 0.4) is 0 Å². The lowest BCUT2D eigenvalue weighted by Gasteiger charge is -2.25. The van der Waals surface area contributed by atoms with Crippen LogP contribution in [0.25, 0.3) is 0 Å². The van der Waals surface area contributed by atoms with E-state index in [0.29, 0.717) is 19.3 Å². The van der Waals surface area contributed by atoms with Crippen LogP contribution in [0, 0.1) is 0 Å². The molecule has 2 aliphatic rings. The predicted octanol–water partition coefficient (Wildman–Crippen LogP) is -0.357. The number of hydrogen-bond acceptors (Lipinski definition) is 3. The zero-order valence-electron chi connectivity index (χ0n) is 7.93. The van der Waals surface area contributed by atoms with Crippen LogP contribution in [0.4, 0.5) is 0 Å². The van der Waals surface area contributed by atoms with E-state index in [1.807, 2.05) is 7.05 Å². The second-order valence-electron chi connectivity index (χ2n) is 3.88.